The largest absolute Gasteiger partial charge is 0.380 e. The Morgan fingerprint density at radius 1 is 1.29 bits per heavy atom. The van der Waals surface area contributed by atoms with Crippen LogP contribution in [0.15, 0.2) is 18.3 Å². The number of piperazine rings is 1. The number of rotatable bonds is 6. The number of hydrogen-bond donors (Lipinski definition) is 1. The molecule has 1 fully saturated rings. The van der Waals surface area contributed by atoms with Gasteiger partial charge >= 0.3 is 0 Å². The zero-order valence-corrected chi connectivity index (χ0v) is 10.7. The lowest BCUT2D eigenvalue weighted by molar-refractivity contribution is 0.100. The van der Waals surface area contributed by atoms with Crippen molar-refractivity contribution in [1.82, 2.24) is 14.8 Å². The van der Waals surface area contributed by atoms with Crippen LogP contribution in [-0.2, 0) is 18.2 Å². The van der Waals surface area contributed by atoms with Gasteiger partial charge in [-0.25, -0.2) is 0 Å². The third-order valence-corrected chi connectivity index (χ3v) is 3.32. The third kappa shape index (κ3) is 4.15. The lowest BCUT2D eigenvalue weighted by Gasteiger charge is -2.26. The van der Waals surface area contributed by atoms with Crippen LogP contribution in [0, 0.1) is 0 Å². The van der Waals surface area contributed by atoms with Gasteiger partial charge in [0.15, 0.2) is 0 Å². The van der Waals surface area contributed by atoms with E-state index in [9.17, 15) is 0 Å². The topological polar surface area (TPSA) is 29.4 Å². The average Bonchev–Trinajstić information content (AvgIpc) is 2.76. The van der Waals surface area contributed by atoms with Crippen LogP contribution in [0.5, 0.6) is 0 Å². The molecule has 0 aliphatic carbocycles. The highest BCUT2D eigenvalue weighted by Crippen LogP contribution is 2.00. The molecule has 0 amide bonds. The number of aromatic nitrogens is 1. The fraction of sp³-hybridized carbons (Fsp3) is 0.692. The molecule has 96 valence electrons. The maximum Gasteiger partial charge on any atom is 0.0593 e. The van der Waals surface area contributed by atoms with Crippen molar-refractivity contribution in [2.24, 2.45) is 7.05 Å². The van der Waals surface area contributed by atoms with Crippen LogP contribution in [0.4, 0.5) is 0 Å². The molecular weight excluding hydrogens is 214 g/mol. The molecule has 1 aromatic rings. The molecule has 0 unspecified atom stereocenters. The van der Waals surface area contributed by atoms with Gasteiger partial charge in [-0.05, 0) is 12.1 Å². The first-order chi connectivity index (χ1) is 8.36. The second-order valence-electron chi connectivity index (χ2n) is 4.56. The predicted molar refractivity (Wildman–Crippen MR) is 69.2 cm³/mol. The van der Waals surface area contributed by atoms with Gasteiger partial charge in [-0.2, -0.15) is 0 Å². The second kappa shape index (κ2) is 6.79. The molecule has 1 N–H and O–H groups in total. The summed E-state index contributed by atoms with van der Waals surface area (Å²) in [5, 5.41) is 3.36. The van der Waals surface area contributed by atoms with Crippen LogP contribution < -0.4 is 5.32 Å². The van der Waals surface area contributed by atoms with Crippen molar-refractivity contribution in [3.05, 3.63) is 24.0 Å². The molecule has 2 heterocycles. The van der Waals surface area contributed by atoms with Gasteiger partial charge in [0.25, 0.3) is 0 Å². The van der Waals surface area contributed by atoms with Gasteiger partial charge in [0.1, 0.15) is 0 Å². The van der Waals surface area contributed by atoms with Crippen molar-refractivity contribution >= 4 is 0 Å². The highest BCUT2D eigenvalue weighted by Gasteiger charge is 2.08. The van der Waals surface area contributed by atoms with Gasteiger partial charge in [0, 0.05) is 58.1 Å². The number of nitrogens with one attached hydrogen (secondary N) is 1. The van der Waals surface area contributed by atoms with Crippen LogP contribution >= 0.6 is 0 Å². The van der Waals surface area contributed by atoms with Crippen molar-refractivity contribution in [3.63, 3.8) is 0 Å². The molecule has 1 saturated heterocycles. The minimum atomic E-state index is 0.823. The van der Waals surface area contributed by atoms with E-state index < -0.39 is 0 Å². The molecular formula is C13H23N3O. The zero-order chi connectivity index (χ0) is 11.9. The third-order valence-electron chi connectivity index (χ3n) is 3.32. The highest BCUT2D eigenvalue weighted by atomic mass is 16.5. The summed E-state index contributed by atoms with van der Waals surface area (Å²) < 4.78 is 7.84. The molecule has 0 spiro atoms. The fourth-order valence-corrected chi connectivity index (χ4v) is 2.16. The van der Waals surface area contributed by atoms with Gasteiger partial charge in [0.05, 0.1) is 13.2 Å². The van der Waals surface area contributed by atoms with E-state index in [2.05, 4.69) is 40.2 Å². The van der Waals surface area contributed by atoms with Gasteiger partial charge < -0.3 is 14.6 Å². The molecule has 0 radical (unpaired) electrons. The first kappa shape index (κ1) is 12.6. The molecule has 1 aliphatic heterocycles. The molecule has 0 aromatic carbocycles. The Morgan fingerprint density at radius 2 is 2.12 bits per heavy atom. The summed E-state index contributed by atoms with van der Waals surface area (Å²) in [6.45, 7) is 7.28. The predicted octanol–water partition coefficient (Wildman–Crippen LogP) is 0.489. The molecule has 1 aromatic heterocycles. The molecule has 0 bridgehead atoms. The van der Waals surface area contributed by atoms with E-state index in [1.54, 1.807) is 0 Å². The Labute approximate surface area is 104 Å². The van der Waals surface area contributed by atoms with E-state index in [-0.39, 0.29) is 0 Å². The maximum atomic E-state index is 5.69. The second-order valence-corrected chi connectivity index (χ2v) is 4.56. The van der Waals surface area contributed by atoms with E-state index >= 15 is 0 Å². The van der Waals surface area contributed by atoms with Crippen molar-refractivity contribution in [2.75, 3.05) is 45.9 Å². The summed E-state index contributed by atoms with van der Waals surface area (Å²) in [6, 6.07) is 4.23. The minimum absolute atomic E-state index is 0.823. The maximum absolute atomic E-state index is 5.69. The number of ether oxygens (including phenoxy) is 1. The molecule has 0 saturated carbocycles. The average molecular weight is 237 g/mol. The molecule has 4 nitrogen and oxygen atoms in total. The Hall–Kier alpha value is -0.840. The smallest absolute Gasteiger partial charge is 0.0593 e. The Bertz CT molecular complexity index is 318. The molecule has 17 heavy (non-hydrogen) atoms. The number of hydrogen-bond acceptors (Lipinski definition) is 3. The van der Waals surface area contributed by atoms with Crippen LogP contribution in [0.3, 0.4) is 0 Å². The van der Waals surface area contributed by atoms with Crippen molar-refractivity contribution < 1.29 is 4.74 Å². The summed E-state index contributed by atoms with van der Waals surface area (Å²) in [5.41, 5.74) is 1.34. The van der Waals surface area contributed by atoms with Crippen LogP contribution in [0.2, 0.25) is 0 Å². The van der Waals surface area contributed by atoms with E-state index in [0.717, 1.165) is 52.4 Å². The van der Waals surface area contributed by atoms with Gasteiger partial charge in [-0.1, -0.05) is 0 Å². The Morgan fingerprint density at radius 3 is 2.82 bits per heavy atom. The summed E-state index contributed by atoms with van der Waals surface area (Å²) in [7, 11) is 2.08. The van der Waals surface area contributed by atoms with Crippen molar-refractivity contribution in [2.45, 2.75) is 6.42 Å². The molecule has 4 heteroatoms. The summed E-state index contributed by atoms with van der Waals surface area (Å²) >= 11 is 0. The van der Waals surface area contributed by atoms with Gasteiger partial charge in [0.2, 0.25) is 0 Å². The van der Waals surface area contributed by atoms with Crippen LogP contribution in [-0.4, -0.2) is 55.4 Å². The van der Waals surface area contributed by atoms with Gasteiger partial charge in [-0.3, -0.25) is 4.90 Å². The monoisotopic (exact) mass is 237 g/mol. The summed E-state index contributed by atoms with van der Waals surface area (Å²) in [4.78, 5) is 2.46. The Kier molecular flexibility index (Phi) is 5.04. The van der Waals surface area contributed by atoms with Crippen LogP contribution in [0.1, 0.15) is 5.69 Å². The fourth-order valence-electron chi connectivity index (χ4n) is 2.16. The minimum Gasteiger partial charge on any atom is -0.380 e. The number of nitrogens with zero attached hydrogens (tertiary/aromatic N) is 2. The van der Waals surface area contributed by atoms with Crippen LogP contribution in [0.25, 0.3) is 0 Å². The lowest BCUT2D eigenvalue weighted by Crippen LogP contribution is -2.44. The molecule has 2 rings (SSSR count). The van der Waals surface area contributed by atoms with E-state index in [0.29, 0.717) is 0 Å². The van der Waals surface area contributed by atoms with Gasteiger partial charge in [-0.15, -0.1) is 0 Å². The van der Waals surface area contributed by atoms with Crippen molar-refractivity contribution in [3.8, 4) is 0 Å². The standard InChI is InChI=1S/C13H23N3O/c1-15-7-2-3-13(15)4-11-17-12-10-16-8-5-14-6-9-16/h2-3,7,14H,4-6,8-12H2,1H3. The Balaban J connectivity index is 1.53. The van der Waals surface area contributed by atoms with E-state index in [1.807, 2.05) is 0 Å². The van der Waals surface area contributed by atoms with Crippen molar-refractivity contribution in [1.29, 1.82) is 0 Å². The normalized spacial score (nSPS) is 17.5. The molecule has 0 atom stereocenters. The quantitative estimate of drug-likeness (QED) is 0.730. The highest BCUT2D eigenvalue weighted by molar-refractivity contribution is 5.06. The van der Waals surface area contributed by atoms with E-state index in [1.165, 1.54) is 5.69 Å². The lowest BCUT2D eigenvalue weighted by atomic mass is 10.3. The summed E-state index contributed by atoms with van der Waals surface area (Å²) in [5.74, 6) is 0. The first-order valence-corrected chi connectivity index (χ1v) is 6.47. The zero-order valence-electron chi connectivity index (χ0n) is 10.7. The summed E-state index contributed by atoms with van der Waals surface area (Å²) in [6.07, 6.45) is 3.08. The van der Waals surface area contributed by atoms with E-state index in [4.69, 9.17) is 4.74 Å². The molecule has 1 aliphatic rings. The number of aryl methyl sites for hydroxylation is 1. The first-order valence-electron chi connectivity index (χ1n) is 6.47. The SMILES string of the molecule is Cn1cccc1CCOCCN1CCNCC1.